The van der Waals surface area contributed by atoms with E-state index in [2.05, 4.69) is 15.3 Å². The van der Waals surface area contributed by atoms with Crippen LogP contribution in [0.1, 0.15) is 48.2 Å². The number of hydrogen-bond acceptors (Lipinski definition) is 4. The number of H-pyrrole nitrogens is 1. The molecule has 1 fully saturated rings. The molecule has 31 heavy (non-hydrogen) atoms. The van der Waals surface area contributed by atoms with Gasteiger partial charge < -0.3 is 21.8 Å². The van der Waals surface area contributed by atoms with E-state index in [0.717, 1.165) is 24.4 Å². The number of carbonyl (C=O) groups excluding carboxylic acids is 1. The summed E-state index contributed by atoms with van der Waals surface area (Å²) in [7, 11) is 0. The Morgan fingerprint density at radius 3 is 2.32 bits per heavy atom. The number of aromatic nitrogens is 2. The number of nitrogen functional groups attached to an aromatic ring is 1. The van der Waals surface area contributed by atoms with Crippen molar-refractivity contribution in [3.63, 3.8) is 0 Å². The monoisotopic (exact) mass is 437 g/mol. The molecule has 2 heterocycles. The second-order valence-electron chi connectivity index (χ2n) is 7.39. The van der Waals surface area contributed by atoms with Gasteiger partial charge in [0.25, 0.3) is 5.91 Å². The first-order valence-corrected chi connectivity index (χ1v) is 9.82. The highest BCUT2D eigenvalue weighted by molar-refractivity contribution is 6.11. The lowest BCUT2D eigenvalue weighted by Gasteiger charge is -2.15. The molecule has 1 saturated carbocycles. The van der Waals surface area contributed by atoms with Crippen molar-refractivity contribution in [1.29, 1.82) is 0 Å². The molecule has 0 saturated heterocycles. The molecule has 0 atom stereocenters. The van der Waals surface area contributed by atoms with Crippen LogP contribution in [0.2, 0.25) is 0 Å². The average Bonchev–Trinajstić information content (AvgIpc) is 3.17. The molecule has 4 rings (SSSR count). The number of hydrogen-bond donors (Lipinski definition) is 4. The molecule has 1 aliphatic carbocycles. The molecule has 0 spiro atoms. The van der Waals surface area contributed by atoms with Crippen LogP contribution in [0.4, 0.5) is 28.9 Å². The number of aromatic amines is 1. The smallest absolute Gasteiger partial charge is 0.397 e. The maximum atomic E-state index is 12.8. The van der Waals surface area contributed by atoms with Crippen molar-refractivity contribution in [3.05, 3.63) is 53.6 Å². The molecule has 6 N–H and O–H groups in total. The van der Waals surface area contributed by atoms with Crippen LogP contribution in [0.3, 0.4) is 0 Å². The molecule has 0 radical (unpaired) electrons. The van der Waals surface area contributed by atoms with Crippen LogP contribution in [0, 0.1) is 5.82 Å². The Labute approximate surface area is 176 Å². The van der Waals surface area contributed by atoms with Crippen LogP contribution in [0.15, 0.2) is 36.5 Å². The molecule has 166 valence electrons. The topological polar surface area (TPSA) is 110 Å². The zero-order chi connectivity index (χ0) is 22.6. The molecule has 6 nitrogen and oxygen atoms in total. The number of amides is 1. The molecule has 3 aromatic rings. The van der Waals surface area contributed by atoms with E-state index in [4.69, 9.17) is 11.5 Å². The number of nitrogens with one attached hydrogen (secondary N) is 2. The lowest BCUT2D eigenvalue weighted by Crippen LogP contribution is -2.22. The highest BCUT2D eigenvalue weighted by Gasteiger charge is 2.33. The van der Waals surface area contributed by atoms with Gasteiger partial charge in [0.1, 0.15) is 17.2 Å². The summed E-state index contributed by atoms with van der Waals surface area (Å²) in [6, 6.07) is 6.33. The lowest BCUT2D eigenvalue weighted by molar-refractivity contribution is -0.140. The fraction of sp³-hybridized carbons (Fsp3) is 0.333. The fourth-order valence-electron chi connectivity index (χ4n) is 3.29. The van der Waals surface area contributed by atoms with Crippen molar-refractivity contribution >= 4 is 28.3 Å². The highest BCUT2D eigenvalue weighted by Crippen LogP contribution is 2.33. The number of pyridine rings is 1. The van der Waals surface area contributed by atoms with Gasteiger partial charge in [-0.05, 0) is 43.2 Å². The first-order chi connectivity index (χ1) is 14.6. The number of benzene rings is 1. The zero-order valence-corrected chi connectivity index (χ0v) is 16.6. The quantitative estimate of drug-likeness (QED) is 0.430. The molecule has 0 unspecified atom stereocenters. The van der Waals surface area contributed by atoms with Gasteiger partial charge in [-0.15, -0.1) is 0 Å². The number of fused-ring (bicyclic) bond motifs is 1. The van der Waals surface area contributed by atoms with Crippen LogP contribution in [-0.2, 0) is 6.18 Å². The summed E-state index contributed by atoms with van der Waals surface area (Å²) in [5.41, 5.74) is 10.5. The SMILES string of the molecule is NC1CCCCC1.Nc1c(C(=O)Nc2ccc(F)cc2)cnc2[nH]c(C(F)(F)F)cc12. The predicted molar refractivity (Wildman–Crippen MR) is 111 cm³/mol. The number of nitrogens with two attached hydrogens (primary N) is 2. The predicted octanol–water partition coefficient (Wildman–Crippen LogP) is 4.83. The van der Waals surface area contributed by atoms with Gasteiger partial charge in [0.05, 0.1) is 11.3 Å². The summed E-state index contributed by atoms with van der Waals surface area (Å²) in [4.78, 5) is 18.1. The van der Waals surface area contributed by atoms with Crippen molar-refractivity contribution in [2.75, 3.05) is 11.1 Å². The fourth-order valence-corrected chi connectivity index (χ4v) is 3.29. The van der Waals surface area contributed by atoms with Crippen LogP contribution in [-0.4, -0.2) is 21.9 Å². The number of alkyl halides is 3. The summed E-state index contributed by atoms with van der Waals surface area (Å²) in [5.74, 6) is -1.13. The van der Waals surface area contributed by atoms with E-state index in [1.54, 1.807) is 0 Å². The summed E-state index contributed by atoms with van der Waals surface area (Å²) in [6.45, 7) is 0. The van der Waals surface area contributed by atoms with E-state index < -0.39 is 23.6 Å². The van der Waals surface area contributed by atoms with Crippen molar-refractivity contribution in [3.8, 4) is 0 Å². The molecule has 1 aromatic carbocycles. The minimum Gasteiger partial charge on any atom is -0.397 e. The average molecular weight is 437 g/mol. The van der Waals surface area contributed by atoms with Gasteiger partial charge in [-0.25, -0.2) is 9.37 Å². The molecular weight excluding hydrogens is 414 g/mol. The van der Waals surface area contributed by atoms with Gasteiger partial charge in [0, 0.05) is 23.3 Å². The molecule has 1 amide bonds. The second-order valence-corrected chi connectivity index (χ2v) is 7.39. The van der Waals surface area contributed by atoms with Gasteiger partial charge in [0.2, 0.25) is 0 Å². The first-order valence-electron chi connectivity index (χ1n) is 9.82. The zero-order valence-electron chi connectivity index (χ0n) is 16.6. The van der Waals surface area contributed by atoms with E-state index in [1.807, 2.05) is 0 Å². The normalized spacial score (nSPS) is 14.7. The first kappa shape index (κ1) is 22.5. The standard InChI is InChI=1S/C15H10F4N4O.C6H13N/c16-7-1-3-8(4-2-7)22-14(24)10-6-21-13-9(12(10)20)5-11(23-13)15(17,18)19;7-6-4-2-1-3-5-6/h1-6H,(H,22,24)(H3,20,21,23);6H,1-5,7H2. The van der Waals surface area contributed by atoms with Gasteiger partial charge >= 0.3 is 6.18 Å². The minimum atomic E-state index is -4.58. The van der Waals surface area contributed by atoms with Crippen molar-refractivity contribution in [2.45, 2.75) is 44.3 Å². The summed E-state index contributed by atoms with van der Waals surface area (Å²) in [5, 5.41) is 2.46. The summed E-state index contributed by atoms with van der Waals surface area (Å²) in [6.07, 6.45) is 3.16. The molecule has 0 aliphatic heterocycles. The summed E-state index contributed by atoms with van der Waals surface area (Å²) >= 11 is 0. The maximum absolute atomic E-state index is 12.8. The maximum Gasteiger partial charge on any atom is 0.431 e. The van der Waals surface area contributed by atoms with E-state index >= 15 is 0 Å². The number of halogens is 4. The number of nitrogens with zero attached hydrogens (tertiary/aromatic N) is 1. The molecule has 1 aliphatic rings. The Morgan fingerprint density at radius 2 is 1.77 bits per heavy atom. The van der Waals surface area contributed by atoms with Gasteiger partial charge in [-0.2, -0.15) is 13.2 Å². The van der Waals surface area contributed by atoms with Crippen LogP contribution >= 0.6 is 0 Å². The Bertz CT molecular complexity index is 1040. The highest BCUT2D eigenvalue weighted by atomic mass is 19.4. The van der Waals surface area contributed by atoms with Crippen LogP contribution < -0.4 is 16.8 Å². The number of carbonyl (C=O) groups is 1. The van der Waals surface area contributed by atoms with Gasteiger partial charge in [0.15, 0.2) is 0 Å². The third-order valence-electron chi connectivity index (χ3n) is 5.00. The molecular formula is C21H23F4N5O. The van der Waals surface area contributed by atoms with E-state index in [0.29, 0.717) is 11.7 Å². The third-order valence-corrected chi connectivity index (χ3v) is 5.00. The number of rotatable bonds is 2. The largest absolute Gasteiger partial charge is 0.431 e. The number of anilines is 2. The molecule has 2 aromatic heterocycles. The van der Waals surface area contributed by atoms with Crippen molar-refractivity contribution in [2.24, 2.45) is 5.73 Å². The van der Waals surface area contributed by atoms with Crippen LogP contribution in [0.5, 0.6) is 0 Å². The van der Waals surface area contributed by atoms with Gasteiger partial charge in [-0.1, -0.05) is 19.3 Å². The van der Waals surface area contributed by atoms with E-state index in [-0.39, 0.29) is 22.3 Å². The second kappa shape index (κ2) is 9.34. The van der Waals surface area contributed by atoms with Crippen molar-refractivity contribution in [1.82, 2.24) is 9.97 Å². The van der Waals surface area contributed by atoms with E-state index in [1.165, 1.54) is 44.2 Å². The Kier molecular flexibility index (Phi) is 6.79. The molecule has 10 heteroatoms. The van der Waals surface area contributed by atoms with E-state index in [9.17, 15) is 22.4 Å². The Morgan fingerprint density at radius 1 is 1.13 bits per heavy atom. The van der Waals surface area contributed by atoms with Crippen LogP contribution in [0.25, 0.3) is 11.0 Å². The Balaban J connectivity index is 0.000000330. The lowest BCUT2D eigenvalue weighted by atomic mass is 9.97. The van der Waals surface area contributed by atoms with Gasteiger partial charge in [-0.3, -0.25) is 4.79 Å². The van der Waals surface area contributed by atoms with Crippen molar-refractivity contribution < 1.29 is 22.4 Å². The minimum absolute atomic E-state index is 0.00548. The third kappa shape index (κ3) is 5.72. The Hall–Kier alpha value is -3.14. The summed E-state index contributed by atoms with van der Waals surface area (Å²) < 4.78 is 51.0. The molecule has 0 bridgehead atoms.